The van der Waals surface area contributed by atoms with E-state index in [-0.39, 0.29) is 5.92 Å². The summed E-state index contributed by atoms with van der Waals surface area (Å²) in [6.07, 6.45) is 4.23. The number of carbonyl (C=O) groups is 1. The van der Waals surface area contributed by atoms with Gasteiger partial charge in [-0.2, -0.15) is 0 Å². The van der Waals surface area contributed by atoms with E-state index in [0.29, 0.717) is 12.1 Å². The van der Waals surface area contributed by atoms with E-state index in [9.17, 15) is 4.79 Å². The second kappa shape index (κ2) is 6.23. The van der Waals surface area contributed by atoms with Crippen LogP contribution < -0.4 is 0 Å². The van der Waals surface area contributed by atoms with Crippen LogP contribution in [0.1, 0.15) is 33.1 Å². The Morgan fingerprint density at radius 1 is 1.33 bits per heavy atom. The Morgan fingerprint density at radius 2 is 1.93 bits per heavy atom. The summed E-state index contributed by atoms with van der Waals surface area (Å²) in [5.74, 6) is 0.272. The van der Waals surface area contributed by atoms with Crippen LogP contribution in [-0.4, -0.2) is 43.5 Å². The smallest absolute Gasteiger partial charge is 0.123 e. The van der Waals surface area contributed by atoms with E-state index in [1.54, 1.807) is 7.11 Å². The number of likely N-dealkylation sites (tertiary alicyclic amines) is 1. The van der Waals surface area contributed by atoms with Crippen molar-refractivity contribution in [2.24, 2.45) is 5.92 Å². The lowest BCUT2D eigenvalue weighted by Gasteiger charge is -2.41. The monoisotopic (exact) mass is 213 g/mol. The summed E-state index contributed by atoms with van der Waals surface area (Å²) in [6, 6.07) is 1.06. The van der Waals surface area contributed by atoms with Crippen LogP contribution >= 0.6 is 0 Å². The lowest BCUT2D eigenvalue weighted by Crippen LogP contribution is -2.47. The number of methoxy groups -OCH3 is 1. The first kappa shape index (κ1) is 12.7. The topological polar surface area (TPSA) is 29.5 Å². The third-order valence-electron chi connectivity index (χ3n) is 3.38. The Balaban J connectivity index is 2.39. The van der Waals surface area contributed by atoms with E-state index in [1.165, 1.54) is 0 Å². The van der Waals surface area contributed by atoms with Crippen molar-refractivity contribution in [1.29, 1.82) is 0 Å². The van der Waals surface area contributed by atoms with Crippen LogP contribution in [0.2, 0.25) is 0 Å². The molecular formula is C12H23NO2. The molecule has 1 saturated heterocycles. The molecule has 0 radical (unpaired) electrons. The number of carbonyl (C=O) groups excluding carboxylic acids is 1. The molecule has 1 aliphatic rings. The van der Waals surface area contributed by atoms with Gasteiger partial charge < -0.3 is 9.53 Å². The van der Waals surface area contributed by atoms with Crippen molar-refractivity contribution in [1.82, 2.24) is 4.90 Å². The standard InChI is InChI=1S/C12H23NO2/c1-10-7-12(9-14)8-11(2)13(10)5-4-6-15-3/h9-12H,4-8H2,1-3H3. The SMILES string of the molecule is COCCCN1C(C)CC(C=O)CC1C. The van der Waals surface area contributed by atoms with Crippen LogP contribution in [0.15, 0.2) is 0 Å². The summed E-state index contributed by atoms with van der Waals surface area (Å²) in [6.45, 7) is 6.35. The molecule has 3 heteroatoms. The fraction of sp³-hybridized carbons (Fsp3) is 0.917. The zero-order chi connectivity index (χ0) is 11.3. The Hall–Kier alpha value is -0.410. The molecule has 0 spiro atoms. The molecule has 1 aliphatic heterocycles. The van der Waals surface area contributed by atoms with E-state index in [0.717, 1.165) is 38.7 Å². The normalized spacial score (nSPS) is 32.9. The highest BCUT2D eigenvalue weighted by molar-refractivity contribution is 5.53. The van der Waals surface area contributed by atoms with Gasteiger partial charge in [0.1, 0.15) is 6.29 Å². The average molecular weight is 213 g/mol. The molecule has 1 heterocycles. The Kier molecular flexibility index (Phi) is 5.26. The summed E-state index contributed by atoms with van der Waals surface area (Å²) in [4.78, 5) is 13.3. The van der Waals surface area contributed by atoms with Gasteiger partial charge in [0, 0.05) is 38.3 Å². The summed E-state index contributed by atoms with van der Waals surface area (Å²) in [5.41, 5.74) is 0. The molecule has 15 heavy (non-hydrogen) atoms. The second-order valence-corrected chi connectivity index (χ2v) is 4.65. The lowest BCUT2D eigenvalue weighted by molar-refractivity contribution is -0.113. The van der Waals surface area contributed by atoms with Gasteiger partial charge >= 0.3 is 0 Å². The zero-order valence-corrected chi connectivity index (χ0v) is 10.1. The molecule has 0 saturated carbocycles. The van der Waals surface area contributed by atoms with Gasteiger partial charge in [-0.3, -0.25) is 4.90 Å². The predicted molar refractivity (Wildman–Crippen MR) is 60.9 cm³/mol. The molecule has 3 nitrogen and oxygen atoms in total. The fourth-order valence-electron chi connectivity index (χ4n) is 2.62. The highest BCUT2D eigenvalue weighted by Gasteiger charge is 2.29. The maximum atomic E-state index is 10.8. The Labute approximate surface area is 92.8 Å². The van der Waals surface area contributed by atoms with Gasteiger partial charge in [-0.15, -0.1) is 0 Å². The van der Waals surface area contributed by atoms with E-state index in [4.69, 9.17) is 4.74 Å². The number of hydrogen-bond donors (Lipinski definition) is 0. The number of piperidine rings is 1. The summed E-state index contributed by atoms with van der Waals surface area (Å²) < 4.78 is 5.06. The molecule has 88 valence electrons. The molecule has 2 atom stereocenters. The number of nitrogens with zero attached hydrogens (tertiary/aromatic N) is 1. The first-order chi connectivity index (χ1) is 7.19. The molecule has 0 aromatic heterocycles. The van der Waals surface area contributed by atoms with Gasteiger partial charge in [0.25, 0.3) is 0 Å². The minimum Gasteiger partial charge on any atom is -0.385 e. The summed E-state index contributed by atoms with van der Waals surface area (Å²) in [5, 5.41) is 0. The van der Waals surface area contributed by atoms with Crippen molar-refractivity contribution in [3.63, 3.8) is 0 Å². The van der Waals surface area contributed by atoms with Crippen LogP contribution in [0, 0.1) is 5.92 Å². The summed E-state index contributed by atoms with van der Waals surface area (Å²) >= 11 is 0. The van der Waals surface area contributed by atoms with Crippen molar-refractivity contribution in [2.45, 2.75) is 45.2 Å². The van der Waals surface area contributed by atoms with Gasteiger partial charge in [0.05, 0.1) is 0 Å². The first-order valence-electron chi connectivity index (χ1n) is 5.89. The van der Waals surface area contributed by atoms with Crippen molar-refractivity contribution in [2.75, 3.05) is 20.3 Å². The van der Waals surface area contributed by atoms with Gasteiger partial charge in [0.2, 0.25) is 0 Å². The first-order valence-corrected chi connectivity index (χ1v) is 5.89. The van der Waals surface area contributed by atoms with Crippen LogP contribution in [0.5, 0.6) is 0 Å². The van der Waals surface area contributed by atoms with Crippen molar-refractivity contribution in [3.05, 3.63) is 0 Å². The molecule has 0 aromatic rings. The molecule has 0 N–H and O–H groups in total. The van der Waals surface area contributed by atoms with Gasteiger partial charge in [-0.25, -0.2) is 0 Å². The second-order valence-electron chi connectivity index (χ2n) is 4.65. The quantitative estimate of drug-likeness (QED) is 0.514. The van der Waals surface area contributed by atoms with Crippen molar-refractivity contribution >= 4 is 6.29 Å². The number of ether oxygens (including phenoxy) is 1. The maximum Gasteiger partial charge on any atom is 0.123 e. The molecule has 1 fully saturated rings. The van der Waals surface area contributed by atoms with Gasteiger partial charge in [-0.05, 0) is 33.1 Å². The van der Waals surface area contributed by atoms with E-state index < -0.39 is 0 Å². The van der Waals surface area contributed by atoms with E-state index in [2.05, 4.69) is 18.7 Å². The fourth-order valence-corrected chi connectivity index (χ4v) is 2.62. The molecule has 0 aliphatic carbocycles. The molecule has 0 aromatic carbocycles. The number of rotatable bonds is 5. The highest BCUT2D eigenvalue weighted by atomic mass is 16.5. The number of hydrogen-bond acceptors (Lipinski definition) is 3. The van der Waals surface area contributed by atoms with Gasteiger partial charge in [0.15, 0.2) is 0 Å². The Morgan fingerprint density at radius 3 is 2.40 bits per heavy atom. The van der Waals surface area contributed by atoms with Crippen LogP contribution in [-0.2, 0) is 9.53 Å². The predicted octanol–water partition coefficient (Wildman–Crippen LogP) is 1.71. The molecule has 0 amide bonds. The van der Waals surface area contributed by atoms with Crippen LogP contribution in [0.3, 0.4) is 0 Å². The van der Waals surface area contributed by atoms with Crippen molar-refractivity contribution in [3.8, 4) is 0 Å². The zero-order valence-electron chi connectivity index (χ0n) is 10.1. The molecule has 1 rings (SSSR count). The van der Waals surface area contributed by atoms with E-state index >= 15 is 0 Å². The minimum atomic E-state index is 0.272. The molecular weight excluding hydrogens is 190 g/mol. The van der Waals surface area contributed by atoms with Crippen molar-refractivity contribution < 1.29 is 9.53 Å². The summed E-state index contributed by atoms with van der Waals surface area (Å²) in [7, 11) is 1.74. The third-order valence-corrected chi connectivity index (χ3v) is 3.38. The lowest BCUT2D eigenvalue weighted by atomic mass is 9.88. The van der Waals surface area contributed by atoms with Crippen LogP contribution in [0.25, 0.3) is 0 Å². The average Bonchev–Trinajstić information content (AvgIpc) is 2.22. The third kappa shape index (κ3) is 3.58. The van der Waals surface area contributed by atoms with Crippen LogP contribution in [0.4, 0.5) is 0 Å². The Bertz CT molecular complexity index is 184. The molecule has 2 unspecified atom stereocenters. The number of aldehydes is 1. The largest absolute Gasteiger partial charge is 0.385 e. The highest BCUT2D eigenvalue weighted by Crippen LogP contribution is 2.26. The maximum absolute atomic E-state index is 10.8. The molecule has 0 bridgehead atoms. The minimum absolute atomic E-state index is 0.272. The van der Waals surface area contributed by atoms with Gasteiger partial charge in [-0.1, -0.05) is 0 Å². The van der Waals surface area contributed by atoms with E-state index in [1.807, 2.05) is 0 Å².